The van der Waals surface area contributed by atoms with Crippen molar-refractivity contribution in [2.75, 3.05) is 25.4 Å². The van der Waals surface area contributed by atoms with Crippen LogP contribution >= 0.6 is 0 Å². The van der Waals surface area contributed by atoms with E-state index in [1.54, 1.807) is 0 Å². The molecule has 1 aliphatic carbocycles. The number of fused-ring (bicyclic) bond motifs is 1. The fourth-order valence-electron chi connectivity index (χ4n) is 5.31. The SMILES string of the molecule is CC(C)CN(CC(O)[C@H](Cc1ccccc1)NC(=O)O[C@@H]1C[C@@H]2[C@H](O)CO[C@@H]2C1)S(=O)(=O)c1ccc(N)cc1. The van der Waals surface area contributed by atoms with Gasteiger partial charge in [0.05, 0.1) is 35.9 Å². The highest BCUT2D eigenvalue weighted by molar-refractivity contribution is 7.89. The third kappa shape index (κ3) is 7.49. The summed E-state index contributed by atoms with van der Waals surface area (Å²) < 4.78 is 39.5. The van der Waals surface area contributed by atoms with Crippen molar-refractivity contribution in [3.05, 3.63) is 60.2 Å². The molecule has 2 aromatic rings. The number of carbonyl (C=O) groups is 1. The van der Waals surface area contributed by atoms with Gasteiger partial charge in [0, 0.05) is 31.1 Å². The lowest BCUT2D eigenvalue weighted by Crippen LogP contribution is -2.51. The molecule has 0 radical (unpaired) electrons. The van der Waals surface area contributed by atoms with Gasteiger partial charge in [0.15, 0.2) is 0 Å². The maximum atomic E-state index is 13.5. The number of nitrogens with two attached hydrogens (primary N) is 1. The summed E-state index contributed by atoms with van der Waals surface area (Å²) in [5.74, 6) is -0.0673. The van der Waals surface area contributed by atoms with Crippen LogP contribution in [-0.2, 0) is 25.9 Å². The minimum Gasteiger partial charge on any atom is -0.446 e. The average Bonchev–Trinajstić information content (AvgIpc) is 3.44. The number of amides is 1. The van der Waals surface area contributed by atoms with E-state index >= 15 is 0 Å². The van der Waals surface area contributed by atoms with Gasteiger partial charge in [-0.25, -0.2) is 13.2 Å². The van der Waals surface area contributed by atoms with Gasteiger partial charge in [0.25, 0.3) is 0 Å². The highest BCUT2D eigenvalue weighted by Gasteiger charge is 2.45. The third-order valence-corrected chi connectivity index (χ3v) is 9.15. The Bertz CT molecular complexity index is 1190. The van der Waals surface area contributed by atoms with E-state index in [4.69, 9.17) is 15.2 Å². The second kappa shape index (κ2) is 12.6. The van der Waals surface area contributed by atoms with Gasteiger partial charge in [-0.05, 0) is 48.6 Å². The molecule has 1 amide bonds. The van der Waals surface area contributed by atoms with Gasteiger partial charge in [0.2, 0.25) is 10.0 Å². The van der Waals surface area contributed by atoms with E-state index in [1.807, 2.05) is 44.2 Å². The summed E-state index contributed by atoms with van der Waals surface area (Å²) in [6.07, 6.45) is -1.75. The summed E-state index contributed by atoms with van der Waals surface area (Å²) in [5, 5.41) is 24.2. The Balaban J connectivity index is 1.48. The zero-order valence-corrected chi connectivity index (χ0v) is 23.2. The van der Waals surface area contributed by atoms with Crippen LogP contribution in [0.3, 0.4) is 0 Å². The predicted molar refractivity (Wildman–Crippen MR) is 146 cm³/mol. The van der Waals surface area contributed by atoms with E-state index in [-0.39, 0.29) is 42.3 Å². The first kappa shape index (κ1) is 29.3. The van der Waals surface area contributed by atoms with Crippen LogP contribution in [0.5, 0.6) is 0 Å². The first-order chi connectivity index (χ1) is 18.5. The van der Waals surface area contributed by atoms with E-state index in [1.165, 1.54) is 28.6 Å². The summed E-state index contributed by atoms with van der Waals surface area (Å²) in [6, 6.07) is 14.4. The van der Waals surface area contributed by atoms with Crippen molar-refractivity contribution < 1.29 is 32.9 Å². The predicted octanol–water partition coefficient (Wildman–Crippen LogP) is 2.15. The first-order valence-corrected chi connectivity index (χ1v) is 14.8. The number of rotatable bonds is 11. The van der Waals surface area contributed by atoms with E-state index in [0.717, 1.165) is 5.56 Å². The molecular weight excluding hydrogens is 522 g/mol. The molecule has 5 N–H and O–H groups in total. The molecule has 4 rings (SSSR count). The van der Waals surface area contributed by atoms with Crippen LogP contribution in [-0.4, -0.2) is 79.2 Å². The number of ether oxygens (including phenoxy) is 2. The smallest absolute Gasteiger partial charge is 0.407 e. The molecule has 0 aromatic heterocycles. The second-order valence-corrected chi connectivity index (χ2v) is 12.8. The van der Waals surface area contributed by atoms with Crippen LogP contribution in [0.1, 0.15) is 32.3 Å². The van der Waals surface area contributed by atoms with Gasteiger partial charge in [-0.2, -0.15) is 4.31 Å². The van der Waals surface area contributed by atoms with Crippen LogP contribution in [0, 0.1) is 11.8 Å². The van der Waals surface area contributed by atoms with Gasteiger partial charge in [0.1, 0.15) is 6.10 Å². The van der Waals surface area contributed by atoms with E-state index < -0.39 is 40.5 Å². The summed E-state index contributed by atoms with van der Waals surface area (Å²) in [7, 11) is -3.94. The number of anilines is 1. The summed E-state index contributed by atoms with van der Waals surface area (Å²) >= 11 is 0. The Morgan fingerprint density at radius 1 is 1.13 bits per heavy atom. The number of carbonyl (C=O) groups excluding carboxylic acids is 1. The Kier molecular flexibility index (Phi) is 9.50. The molecule has 6 atom stereocenters. The summed E-state index contributed by atoms with van der Waals surface area (Å²) in [6.45, 7) is 4.04. The Labute approximate surface area is 230 Å². The van der Waals surface area contributed by atoms with Crippen LogP contribution in [0.15, 0.2) is 59.5 Å². The number of nitrogen functional groups attached to an aromatic ring is 1. The maximum absolute atomic E-state index is 13.5. The lowest BCUT2D eigenvalue weighted by molar-refractivity contribution is 0.0426. The minimum atomic E-state index is -3.94. The molecule has 39 heavy (non-hydrogen) atoms. The van der Waals surface area contributed by atoms with Crippen molar-refractivity contribution in [3.63, 3.8) is 0 Å². The van der Waals surface area contributed by atoms with Crippen molar-refractivity contribution >= 4 is 21.8 Å². The van der Waals surface area contributed by atoms with Crippen LogP contribution in [0.4, 0.5) is 10.5 Å². The number of aliphatic hydroxyl groups excluding tert-OH is 2. The number of nitrogens with one attached hydrogen (secondary N) is 1. The molecule has 11 heteroatoms. The number of benzene rings is 2. The quantitative estimate of drug-likeness (QED) is 0.305. The van der Waals surface area contributed by atoms with Crippen LogP contribution in [0.25, 0.3) is 0 Å². The lowest BCUT2D eigenvalue weighted by Gasteiger charge is -2.31. The molecule has 214 valence electrons. The Hall–Kier alpha value is -2.70. The highest BCUT2D eigenvalue weighted by Crippen LogP contribution is 2.37. The number of sulfonamides is 1. The highest BCUT2D eigenvalue weighted by atomic mass is 32.2. The fourth-order valence-corrected chi connectivity index (χ4v) is 6.94. The van der Waals surface area contributed by atoms with Gasteiger partial charge in [-0.1, -0.05) is 44.2 Å². The molecule has 1 saturated heterocycles. The molecular formula is C28H39N3O7S. The van der Waals surface area contributed by atoms with Crippen molar-refractivity contribution in [2.45, 2.75) is 68.5 Å². The molecule has 2 aliphatic rings. The zero-order chi connectivity index (χ0) is 28.2. The molecule has 0 spiro atoms. The molecule has 0 bridgehead atoms. The first-order valence-electron chi connectivity index (χ1n) is 13.4. The molecule has 2 fully saturated rings. The van der Waals surface area contributed by atoms with Crippen molar-refractivity contribution in [3.8, 4) is 0 Å². The van der Waals surface area contributed by atoms with Gasteiger partial charge in [-0.3, -0.25) is 0 Å². The van der Waals surface area contributed by atoms with E-state index in [9.17, 15) is 23.4 Å². The number of hydrogen-bond donors (Lipinski definition) is 4. The molecule has 1 aliphatic heterocycles. The minimum absolute atomic E-state index is 0.00866. The summed E-state index contributed by atoms with van der Waals surface area (Å²) in [5.41, 5.74) is 7.05. The average molecular weight is 562 g/mol. The molecule has 1 heterocycles. The third-order valence-electron chi connectivity index (χ3n) is 7.30. The lowest BCUT2D eigenvalue weighted by atomic mass is 10.0. The van der Waals surface area contributed by atoms with Gasteiger partial charge in [-0.15, -0.1) is 0 Å². The topological polar surface area (TPSA) is 151 Å². The second-order valence-electron chi connectivity index (χ2n) is 10.9. The number of aliphatic hydroxyl groups is 2. The molecule has 2 aromatic carbocycles. The van der Waals surface area contributed by atoms with Crippen molar-refractivity contribution in [2.24, 2.45) is 11.8 Å². The van der Waals surface area contributed by atoms with Crippen LogP contribution in [0.2, 0.25) is 0 Å². The Morgan fingerprint density at radius 2 is 1.82 bits per heavy atom. The summed E-state index contributed by atoms with van der Waals surface area (Å²) in [4.78, 5) is 13.0. The Morgan fingerprint density at radius 3 is 2.46 bits per heavy atom. The normalized spacial score (nSPS) is 24.5. The molecule has 10 nitrogen and oxygen atoms in total. The van der Waals surface area contributed by atoms with Crippen molar-refractivity contribution in [1.82, 2.24) is 9.62 Å². The maximum Gasteiger partial charge on any atom is 0.407 e. The van der Waals surface area contributed by atoms with E-state index in [0.29, 0.717) is 25.1 Å². The monoisotopic (exact) mass is 561 g/mol. The molecule has 1 unspecified atom stereocenters. The largest absolute Gasteiger partial charge is 0.446 e. The van der Waals surface area contributed by atoms with Gasteiger partial charge < -0.3 is 30.7 Å². The number of alkyl carbamates (subject to hydrolysis) is 1. The molecule has 1 saturated carbocycles. The zero-order valence-electron chi connectivity index (χ0n) is 22.3. The standard InChI is InChI=1S/C28H39N3O7S/c1-18(2)15-31(39(35,36)22-10-8-20(29)9-11-22)16-25(32)24(12-19-6-4-3-5-7-19)30-28(34)38-21-13-23-26(33)17-37-27(23)14-21/h3-11,18,21,23-27,32-33H,12-17,29H2,1-2H3,(H,30,34)/t21-,23-,24+,25?,26-,27-/m1/s1. The number of hydrogen-bond acceptors (Lipinski definition) is 8. The van der Waals surface area contributed by atoms with Gasteiger partial charge >= 0.3 is 6.09 Å². The fraction of sp³-hybridized carbons (Fsp3) is 0.536. The number of nitrogens with zero attached hydrogens (tertiary/aromatic N) is 1. The van der Waals surface area contributed by atoms with Crippen molar-refractivity contribution in [1.29, 1.82) is 0 Å². The van der Waals surface area contributed by atoms with E-state index in [2.05, 4.69) is 5.32 Å². The van der Waals surface area contributed by atoms with Crippen LogP contribution < -0.4 is 11.1 Å².